The fourth-order valence-electron chi connectivity index (χ4n) is 0.771. The molecule has 0 aliphatic rings. The summed E-state index contributed by atoms with van der Waals surface area (Å²) in [5.41, 5.74) is 5.35. The van der Waals surface area contributed by atoms with Crippen LogP contribution in [0.5, 0.6) is 0 Å². The third-order valence-electron chi connectivity index (χ3n) is 1.36. The van der Waals surface area contributed by atoms with E-state index in [9.17, 15) is 8.42 Å². The van der Waals surface area contributed by atoms with E-state index < -0.39 is 10.2 Å². The SMILES string of the molecule is N=C(N)c1nonc1SCCNS(N)(=O)=O. The summed E-state index contributed by atoms with van der Waals surface area (Å²) in [6, 6.07) is 0. The lowest BCUT2D eigenvalue weighted by Gasteiger charge is -2.00. The van der Waals surface area contributed by atoms with Crippen molar-refractivity contribution < 1.29 is 13.0 Å². The van der Waals surface area contributed by atoms with Gasteiger partial charge in [0.1, 0.15) is 5.84 Å². The normalized spacial score (nSPS) is 11.6. The summed E-state index contributed by atoms with van der Waals surface area (Å²) in [4.78, 5) is 0. The van der Waals surface area contributed by atoms with E-state index in [2.05, 4.69) is 19.7 Å². The van der Waals surface area contributed by atoms with Crippen molar-refractivity contribution in [1.82, 2.24) is 15.0 Å². The summed E-state index contributed by atoms with van der Waals surface area (Å²) >= 11 is 1.15. The van der Waals surface area contributed by atoms with Crippen LogP contribution in [0.4, 0.5) is 0 Å². The van der Waals surface area contributed by atoms with Gasteiger partial charge in [-0.3, -0.25) is 5.41 Å². The quantitative estimate of drug-likeness (QED) is 0.205. The van der Waals surface area contributed by atoms with Gasteiger partial charge in [-0.05, 0) is 10.3 Å². The van der Waals surface area contributed by atoms with Crippen LogP contribution in [0.1, 0.15) is 5.69 Å². The molecule has 0 atom stereocenters. The maximum absolute atomic E-state index is 10.5. The smallest absolute Gasteiger partial charge is 0.274 e. The lowest BCUT2D eigenvalue weighted by Crippen LogP contribution is -2.32. The number of nitrogens with one attached hydrogen (secondary N) is 2. The first-order chi connectivity index (χ1) is 7.40. The maximum atomic E-state index is 10.5. The number of hydrogen-bond donors (Lipinski definition) is 4. The number of amidine groups is 1. The molecule has 0 aliphatic carbocycles. The molecular weight excluding hydrogens is 256 g/mol. The molecule has 0 bridgehead atoms. The molecule has 1 aromatic rings. The van der Waals surface area contributed by atoms with Gasteiger partial charge < -0.3 is 5.73 Å². The van der Waals surface area contributed by atoms with Crippen molar-refractivity contribution in [3.63, 3.8) is 0 Å². The molecule has 1 rings (SSSR count). The molecule has 9 nitrogen and oxygen atoms in total. The molecule has 0 saturated heterocycles. The highest BCUT2D eigenvalue weighted by atomic mass is 32.2. The predicted molar refractivity (Wildman–Crippen MR) is 57.1 cm³/mol. The molecule has 11 heteroatoms. The number of nitrogens with zero attached hydrogens (tertiary/aromatic N) is 2. The third kappa shape index (κ3) is 4.14. The monoisotopic (exact) mass is 266 g/mol. The summed E-state index contributed by atoms with van der Waals surface area (Å²) in [5.74, 6) is 0.105. The third-order valence-corrected chi connectivity index (χ3v) is 2.91. The molecule has 0 amide bonds. The number of nitrogen functional groups attached to an aromatic ring is 1. The summed E-state index contributed by atoms with van der Waals surface area (Å²) in [7, 11) is -3.68. The second-order valence-electron chi connectivity index (χ2n) is 2.62. The van der Waals surface area contributed by atoms with Gasteiger partial charge in [0, 0.05) is 12.3 Å². The van der Waals surface area contributed by atoms with Crippen LogP contribution in [0.25, 0.3) is 0 Å². The van der Waals surface area contributed by atoms with E-state index in [4.69, 9.17) is 16.3 Å². The summed E-state index contributed by atoms with van der Waals surface area (Å²) < 4.78 is 27.5. The molecule has 16 heavy (non-hydrogen) atoms. The van der Waals surface area contributed by atoms with Gasteiger partial charge in [-0.25, -0.2) is 14.5 Å². The molecule has 0 aromatic carbocycles. The van der Waals surface area contributed by atoms with Crippen LogP contribution >= 0.6 is 11.8 Å². The second kappa shape index (κ2) is 5.25. The van der Waals surface area contributed by atoms with Crippen LogP contribution in [0.3, 0.4) is 0 Å². The van der Waals surface area contributed by atoms with Gasteiger partial charge in [-0.1, -0.05) is 11.8 Å². The minimum atomic E-state index is -3.68. The second-order valence-corrected chi connectivity index (χ2v) is 5.08. The van der Waals surface area contributed by atoms with Gasteiger partial charge >= 0.3 is 0 Å². The number of thioether (sulfide) groups is 1. The minimum Gasteiger partial charge on any atom is -0.382 e. The van der Waals surface area contributed by atoms with Crippen molar-refractivity contribution in [2.75, 3.05) is 12.3 Å². The highest BCUT2D eigenvalue weighted by Gasteiger charge is 2.13. The van der Waals surface area contributed by atoms with Gasteiger partial charge in [0.05, 0.1) is 0 Å². The Balaban J connectivity index is 2.43. The van der Waals surface area contributed by atoms with Crippen molar-refractivity contribution in [2.24, 2.45) is 10.9 Å². The van der Waals surface area contributed by atoms with Crippen LogP contribution in [0.15, 0.2) is 9.65 Å². The van der Waals surface area contributed by atoms with Crippen molar-refractivity contribution in [3.8, 4) is 0 Å². The Hall–Kier alpha value is -1.17. The van der Waals surface area contributed by atoms with Gasteiger partial charge in [-0.2, -0.15) is 8.42 Å². The Kier molecular flexibility index (Phi) is 4.23. The zero-order valence-electron chi connectivity index (χ0n) is 8.00. The zero-order chi connectivity index (χ0) is 12.2. The van der Waals surface area contributed by atoms with Gasteiger partial charge in [-0.15, -0.1) is 0 Å². The first kappa shape index (κ1) is 12.9. The highest BCUT2D eigenvalue weighted by molar-refractivity contribution is 7.99. The highest BCUT2D eigenvalue weighted by Crippen LogP contribution is 2.17. The molecule has 1 heterocycles. The first-order valence-electron chi connectivity index (χ1n) is 3.97. The lowest BCUT2D eigenvalue weighted by atomic mass is 10.4. The lowest BCUT2D eigenvalue weighted by molar-refractivity contribution is 0.298. The van der Waals surface area contributed by atoms with Crippen LogP contribution in [-0.4, -0.2) is 36.9 Å². The van der Waals surface area contributed by atoms with E-state index in [1.54, 1.807) is 0 Å². The Morgan fingerprint density at radius 2 is 2.25 bits per heavy atom. The largest absolute Gasteiger partial charge is 0.382 e. The molecule has 1 aromatic heterocycles. The molecule has 0 spiro atoms. The van der Waals surface area contributed by atoms with E-state index in [1.807, 2.05) is 0 Å². The first-order valence-corrected chi connectivity index (χ1v) is 6.50. The summed E-state index contributed by atoms with van der Waals surface area (Å²) in [6.07, 6.45) is 0. The fraction of sp³-hybridized carbons (Fsp3) is 0.400. The minimum absolute atomic E-state index is 0.133. The molecule has 90 valence electrons. The summed E-state index contributed by atoms with van der Waals surface area (Å²) in [5, 5.41) is 19.1. The van der Waals surface area contributed by atoms with Gasteiger partial charge in [0.25, 0.3) is 10.2 Å². The number of nitrogens with two attached hydrogens (primary N) is 2. The molecule has 0 saturated carbocycles. The van der Waals surface area contributed by atoms with E-state index in [-0.39, 0.29) is 18.1 Å². The van der Waals surface area contributed by atoms with Crippen molar-refractivity contribution >= 4 is 27.8 Å². The molecule has 6 N–H and O–H groups in total. The van der Waals surface area contributed by atoms with E-state index >= 15 is 0 Å². The molecule has 0 fully saturated rings. The van der Waals surface area contributed by atoms with Crippen molar-refractivity contribution in [1.29, 1.82) is 5.41 Å². The van der Waals surface area contributed by atoms with E-state index in [0.29, 0.717) is 10.8 Å². The van der Waals surface area contributed by atoms with Crippen LogP contribution in [-0.2, 0) is 10.2 Å². The predicted octanol–water partition coefficient (Wildman–Crippen LogP) is -1.76. The number of hydrogen-bond acceptors (Lipinski definition) is 7. The molecule has 0 aliphatic heterocycles. The van der Waals surface area contributed by atoms with Gasteiger partial charge in [0.2, 0.25) is 0 Å². The summed E-state index contributed by atoms with van der Waals surface area (Å²) in [6.45, 7) is 0.133. The number of rotatable bonds is 6. The Morgan fingerprint density at radius 1 is 1.56 bits per heavy atom. The van der Waals surface area contributed by atoms with Crippen LogP contribution in [0, 0.1) is 5.41 Å². The number of aromatic nitrogens is 2. The van der Waals surface area contributed by atoms with Crippen LogP contribution in [0.2, 0.25) is 0 Å². The van der Waals surface area contributed by atoms with E-state index in [0.717, 1.165) is 11.8 Å². The zero-order valence-corrected chi connectivity index (χ0v) is 9.64. The Bertz CT molecular complexity index is 468. The Labute approximate surface area is 95.6 Å². The van der Waals surface area contributed by atoms with Crippen molar-refractivity contribution in [2.45, 2.75) is 5.03 Å². The van der Waals surface area contributed by atoms with Gasteiger partial charge in [0.15, 0.2) is 10.7 Å². The average Bonchev–Trinajstić information content (AvgIpc) is 2.58. The average molecular weight is 266 g/mol. The standard InChI is InChI=1S/C5H10N6O3S2/c6-4(7)3-5(11-14-10-3)15-2-1-9-16(8,12)13/h9H,1-2H2,(H3,6,7)(H2,8,12,13). The van der Waals surface area contributed by atoms with E-state index in [1.165, 1.54) is 0 Å². The molecular formula is C5H10N6O3S2. The maximum Gasteiger partial charge on any atom is 0.274 e. The topological polar surface area (TPSA) is 161 Å². The van der Waals surface area contributed by atoms with Crippen molar-refractivity contribution in [3.05, 3.63) is 5.69 Å². The molecule has 0 radical (unpaired) electrons. The Morgan fingerprint density at radius 3 is 2.81 bits per heavy atom. The van der Waals surface area contributed by atoms with Crippen LogP contribution < -0.4 is 15.6 Å². The fourth-order valence-corrected chi connectivity index (χ4v) is 2.05. The molecule has 0 unspecified atom stereocenters.